The van der Waals surface area contributed by atoms with Crippen LogP contribution in [0.5, 0.6) is 0 Å². The zero-order valence-corrected chi connectivity index (χ0v) is 17.7. The Balaban J connectivity index is 0.000000755. The number of aryl methyl sites for hydroxylation is 1. The second kappa shape index (κ2) is 9.52. The van der Waals surface area contributed by atoms with Crippen LogP contribution in [0.1, 0.15) is 65.0 Å². The summed E-state index contributed by atoms with van der Waals surface area (Å²) in [6.07, 6.45) is 8.74. The molecule has 4 rings (SSSR count). The SMILES string of the molecule is CCCCn1nc(CC(C)C)c2c(N3[C@@H]4CC[C@H]3CC(O)C4)ncnc21.O=CO. The molecule has 0 aromatic carbocycles. The first-order chi connectivity index (χ1) is 14.0. The number of nitrogens with zero attached hydrogens (tertiary/aromatic N) is 5. The minimum Gasteiger partial charge on any atom is -0.483 e. The summed E-state index contributed by atoms with van der Waals surface area (Å²) >= 11 is 0. The molecule has 29 heavy (non-hydrogen) atoms. The molecule has 3 atom stereocenters. The van der Waals surface area contributed by atoms with Gasteiger partial charge in [0.1, 0.15) is 12.1 Å². The van der Waals surface area contributed by atoms with Crippen LogP contribution in [0.25, 0.3) is 11.0 Å². The van der Waals surface area contributed by atoms with Gasteiger partial charge >= 0.3 is 0 Å². The van der Waals surface area contributed by atoms with Crippen LogP contribution in [-0.4, -0.2) is 54.6 Å². The van der Waals surface area contributed by atoms with Crippen molar-refractivity contribution in [2.45, 2.75) is 90.4 Å². The number of rotatable bonds is 6. The largest absolute Gasteiger partial charge is 0.483 e. The third-order valence-electron chi connectivity index (χ3n) is 5.86. The lowest BCUT2D eigenvalue weighted by molar-refractivity contribution is -0.122. The van der Waals surface area contributed by atoms with Crippen molar-refractivity contribution in [1.82, 2.24) is 19.7 Å². The summed E-state index contributed by atoms with van der Waals surface area (Å²) in [4.78, 5) is 20.2. The highest BCUT2D eigenvalue weighted by molar-refractivity contribution is 5.90. The van der Waals surface area contributed by atoms with E-state index in [1.807, 2.05) is 0 Å². The van der Waals surface area contributed by atoms with Crippen molar-refractivity contribution in [3.8, 4) is 0 Å². The van der Waals surface area contributed by atoms with Crippen molar-refractivity contribution in [2.24, 2.45) is 5.92 Å². The summed E-state index contributed by atoms with van der Waals surface area (Å²) < 4.78 is 2.09. The van der Waals surface area contributed by atoms with Gasteiger partial charge in [0.25, 0.3) is 6.47 Å². The lowest BCUT2D eigenvalue weighted by atomic mass is 9.99. The van der Waals surface area contributed by atoms with E-state index < -0.39 is 0 Å². The van der Waals surface area contributed by atoms with E-state index in [1.54, 1.807) is 6.33 Å². The molecule has 0 aliphatic carbocycles. The summed E-state index contributed by atoms with van der Waals surface area (Å²) in [6.45, 7) is 7.34. The zero-order chi connectivity index (χ0) is 21.0. The van der Waals surface area contributed by atoms with Gasteiger partial charge in [0.15, 0.2) is 5.65 Å². The summed E-state index contributed by atoms with van der Waals surface area (Å²) in [7, 11) is 0. The maximum Gasteiger partial charge on any atom is 0.290 e. The molecule has 2 aromatic heterocycles. The van der Waals surface area contributed by atoms with E-state index in [9.17, 15) is 5.11 Å². The molecule has 2 bridgehead atoms. The van der Waals surface area contributed by atoms with E-state index in [4.69, 9.17) is 20.0 Å². The lowest BCUT2D eigenvalue weighted by Crippen LogP contribution is -2.45. The van der Waals surface area contributed by atoms with E-state index in [1.165, 1.54) is 0 Å². The van der Waals surface area contributed by atoms with E-state index in [0.29, 0.717) is 18.0 Å². The number of hydrogen-bond acceptors (Lipinski definition) is 6. The summed E-state index contributed by atoms with van der Waals surface area (Å²) in [5, 5.41) is 23.1. The Labute approximate surface area is 172 Å². The lowest BCUT2D eigenvalue weighted by Gasteiger charge is -2.38. The second-order valence-corrected chi connectivity index (χ2v) is 8.54. The summed E-state index contributed by atoms with van der Waals surface area (Å²) in [5.74, 6) is 1.59. The standard InChI is InChI=1S/C20H31N5O.CH2O2/c1-4-5-8-24-19-18(17(23-24)9-13(2)3)20(22-12-21-19)25-14-6-7-15(25)11-16(26)10-14;2-1-3/h12-16,26H,4-11H2,1-3H3;1H,(H,2,3)/t14-,15+,16?;. The number of aromatic nitrogens is 4. The fraction of sp³-hybridized carbons (Fsp3) is 0.714. The fourth-order valence-corrected chi connectivity index (χ4v) is 4.75. The number of carboxylic acid groups (broad SMARTS) is 1. The Morgan fingerprint density at radius 3 is 2.48 bits per heavy atom. The number of hydrogen-bond donors (Lipinski definition) is 2. The quantitative estimate of drug-likeness (QED) is 0.714. The van der Waals surface area contributed by atoms with Crippen LogP contribution in [0.2, 0.25) is 0 Å². The minimum absolute atomic E-state index is 0.163. The Bertz CT molecular complexity index is 808. The fourth-order valence-electron chi connectivity index (χ4n) is 4.75. The molecular formula is C21H33N5O3. The van der Waals surface area contributed by atoms with Crippen molar-refractivity contribution < 1.29 is 15.0 Å². The van der Waals surface area contributed by atoms with Gasteiger partial charge in [-0.2, -0.15) is 5.10 Å². The molecule has 8 heteroatoms. The normalized spacial score (nSPS) is 23.3. The van der Waals surface area contributed by atoms with Crippen LogP contribution in [-0.2, 0) is 17.8 Å². The van der Waals surface area contributed by atoms with Crippen molar-refractivity contribution in [2.75, 3.05) is 4.90 Å². The average Bonchev–Trinajstić information content (AvgIpc) is 3.15. The molecule has 0 radical (unpaired) electrons. The Hall–Kier alpha value is -2.22. The molecule has 2 N–H and O–H groups in total. The van der Waals surface area contributed by atoms with E-state index in [2.05, 4.69) is 35.3 Å². The minimum atomic E-state index is -0.250. The van der Waals surface area contributed by atoms with Gasteiger partial charge in [-0.05, 0) is 44.4 Å². The molecule has 2 aromatic rings. The molecule has 0 saturated carbocycles. The maximum atomic E-state index is 10.2. The average molecular weight is 404 g/mol. The molecule has 160 valence electrons. The third-order valence-corrected chi connectivity index (χ3v) is 5.86. The van der Waals surface area contributed by atoms with Crippen LogP contribution in [0.15, 0.2) is 6.33 Å². The van der Waals surface area contributed by atoms with Crippen LogP contribution < -0.4 is 4.90 Å². The predicted molar refractivity (Wildman–Crippen MR) is 112 cm³/mol. The van der Waals surface area contributed by atoms with Crippen LogP contribution in [0, 0.1) is 5.92 Å². The second-order valence-electron chi connectivity index (χ2n) is 8.54. The Kier molecular flexibility index (Phi) is 7.05. The van der Waals surface area contributed by atoms with Crippen molar-refractivity contribution in [3.05, 3.63) is 12.0 Å². The number of carbonyl (C=O) groups is 1. The molecule has 2 aliphatic rings. The predicted octanol–water partition coefficient (Wildman–Crippen LogP) is 3.02. The topological polar surface area (TPSA) is 104 Å². The van der Waals surface area contributed by atoms with Crippen molar-refractivity contribution >= 4 is 23.3 Å². The number of anilines is 1. The number of aliphatic hydroxyl groups excluding tert-OH is 1. The van der Waals surface area contributed by atoms with Crippen molar-refractivity contribution in [1.29, 1.82) is 0 Å². The molecule has 1 unspecified atom stereocenters. The van der Waals surface area contributed by atoms with Gasteiger partial charge in [-0.1, -0.05) is 27.2 Å². The molecule has 4 heterocycles. The monoisotopic (exact) mass is 403 g/mol. The first kappa shape index (κ1) is 21.5. The molecule has 2 fully saturated rings. The van der Waals surface area contributed by atoms with Gasteiger partial charge in [0.2, 0.25) is 0 Å². The first-order valence-electron chi connectivity index (χ1n) is 10.7. The van der Waals surface area contributed by atoms with Crippen LogP contribution in [0.3, 0.4) is 0 Å². The number of unbranched alkanes of at least 4 members (excludes halogenated alkanes) is 1. The van der Waals surface area contributed by atoms with Gasteiger partial charge in [0, 0.05) is 18.6 Å². The Morgan fingerprint density at radius 1 is 1.24 bits per heavy atom. The van der Waals surface area contributed by atoms with Gasteiger partial charge in [-0.15, -0.1) is 0 Å². The molecule has 2 aliphatic heterocycles. The number of aliphatic hydroxyl groups is 1. The molecule has 0 spiro atoms. The van der Waals surface area contributed by atoms with Gasteiger partial charge in [0.05, 0.1) is 17.2 Å². The summed E-state index contributed by atoms with van der Waals surface area (Å²) in [5.41, 5.74) is 2.11. The van der Waals surface area contributed by atoms with Crippen molar-refractivity contribution in [3.63, 3.8) is 0 Å². The molecule has 0 amide bonds. The summed E-state index contributed by atoms with van der Waals surface area (Å²) in [6, 6.07) is 0.792. The van der Waals surface area contributed by atoms with Crippen LogP contribution >= 0.6 is 0 Å². The zero-order valence-electron chi connectivity index (χ0n) is 17.7. The van der Waals surface area contributed by atoms with E-state index in [0.717, 1.165) is 74.0 Å². The Morgan fingerprint density at radius 2 is 1.90 bits per heavy atom. The smallest absolute Gasteiger partial charge is 0.290 e. The third kappa shape index (κ3) is 4.52. The van der Waals surface area contributed by atoms with E-state index in [-0.39, 0.29) is 12.6 Å². The molecule has 2 saturated heterocycles. The van der Waals surface area contributed by atoms with Crippen LogP contribution in [0.4, 0.5) is 5.82 Å². The first-order valence-corrected chi connectivity index (χ1v) is 10.7. The van der Waals surface area contributed by atoms with Gasteiger partial charge in [-0.3, -0.25) is 4.79 Å². The highest BCUT2D eigenvalue weighted by Crippen LogP contribution is 2.41. The van der Waals surface area contributed by atoms with Gasteiger partial charge in [-0.25, -0.2) is 14.6 Å². The molecular weight excluding hydrogens is 370 g/mol. The highest BCUT2D eigenvalue weighted by atomic mass is 16.3. The maximum absolute atomic E-state index is 10.2. The molecule has 8 nitrogen and oxygen atoms in total. The number of fused-ring (bicyclic) bond motifs is 3. The number of piperidine rings is 1. The van der Waals surface area contributed by atoms with Gasteiger partial charge < -0.3 is 15.1 Å². The van der Waals surface area contributed by atoms with E-state index >= 15 is 0 Å². The highest BCUT2D eigenvalue weighted by Gasteiger charge is 2.42.